The van der Waals surface area contributed by atoms with Gasteiger partial charge in [-0.05, 0) is 19.1 Å². The van der Waals surface area contributed by atoms with Crippen LogP contribution in [-0.4, -0.2) is 44.2 Å². The standard InChI is InChI=1S/C18H25N3O2/c1-4-19-17(20-11-18(2)12-22-13-18)21(3)10-15-9-14-7-5-6-8-16(14)23-15/h5-9H,4,10-13H2,1-3H3,(H,19,20). The molecule has 5 heteroatoms. The molecule has 1 aromatic carbocycles. The number of nitrogens with zero attached hydrogens (tertiary/aromatic N) is 2. The fourth-order valence-electron chi connectivity index (χ4n) is 2.70. The van der Waals surface area contributed by atoms with Gasteiger partial charge in [0, 0.05) is 24.4 Å². The van der Waals surface area contributed by atoms with E-state index in [1.54, 1.807) is 0 Å². The van der Waals surface area contributed by atoms with Gasteiger partial charge in [0.1, 0.15) is 11.3 Å². The molecule has 0 saturated carbocycles. The molecule has 1 aromatic heterocycles. The van der Waals surface area contributed by atoms with Gasteiger partial charge in [0.25, 0.3) is 0 Å². The van der Waals surface area contributed by atoms with Crippen LogP contribution in [0.15, 0.2) is 39.7 Å². The fraction of sp³-hybridized carbons (Fsp3) is 0.500. The van der Waals surface area contributed by atoms with Gasteiger partial charge in [-0.15, -0.1) is 0 Å². The van der Waals surface area contributed by atoms with Gasteiger partial charge in [-0.3, -0.25) is 4.99 Å². The quantitative estimate of drug-likeness (QED) is 0.681. The molecule has 1 aliphatic heterocycles. The Hall–Kier alpha value is -2.01. The van der Waals surface area contributed by atoms with E-state index in [0.717, 1.165) is 49.0 Å². The van der Waals surface area contributed by atoms with Crippen LogP contribution in [0, 0.1) is 5.41 Å². The van der Waals surface area contributed by atoms with Crippen molar-refractivity contribution in [2.24, 2.45) is 10.4 Å². The van der Waals surface area contributed by atoms with Gasteiger partial charge >= 0.3 is 0 Å². The highest BCUT2D eigenvalue weighted by Crippen LogP contribution is 2.26. The summed E-state index contributed by atoms with van der Waals surface area (Å²) in [5.74, 6) is 1.85. The first-order valence-electron chi connectivity index (χ1n) is 8.14. The molecule has 3 rings (SSSR count). The Morgan fingerprint density at radius 3 is 2.78 bits per heavy atom. The van der Waals surface area contributed by atoms with Crippen molar-refractivity contribution in [2.75, 3.05) is 33.4 Å². The molecular formula is C18H25N3O2. The van der Waals surface area contributed by atoms with Crippen LogP contribution in [0.1, 0.15) is 19.6 Å². The van der Waals surface area contributed by atoms with Crippen molar-refractivity contribution in [1.29, 1.82) is 0 Å². The molecule has 0 radical (unpaired) electrons. The normalized spacial score (nSPS) is 17.1. The highest BCUT2D eigenvalue weighted by atomic mass is 16.5. The topological polar surface area (TPSA) is 50.0 Å². The number of rotatable bonds is 5. The lowest BCUT2D eigenvalue weighted by Gasteiger charge is -2.37. The van der Waals surface area contributed by atoms with Crippen LogP contribution >= 0.6 is 0 Å². The zero-order chi connectivity index (χ0) is 16.3. The predicted molar refractivity (Wildman–Crippen MR) is 92.6 cm³/mol. The maximum Gasteiger partial charge on any atom is 0.194 e. The van der Waals surface area contributed by atoms with E-state index in [0.29, 0.717) is 6.54 Å². The van der Waals surface area contributed by atoms with E-state index in [2.05, 4.69) is 36.2 Å². The number of aliphatic imine (C=N–C) groups is 1. The van der Waals surface area contributed by atoms with Crippen molar-refractivity contribution in [3.63, 3.8) is 0 Å². The number of furan rings is 1. The molecule has 1 fully saturated rings. The number of benzene rings is 1. The molecule has 2 aromatic rings. The summed E-state index contributed by atoms with van der Waals surface area (Å²) in [7, 11) is 2.04. The second-order valence-corrected chi connectivity index (χ2v) is 6.58. The Bertz CT molecular complexity index is 655. The Morgan fingerprint density at radius 1 is 1.35 bits per heavy atom. The smallest absolute Gasteiger partial charge is 0.194 e. The molecule has 0 bridgehead atoms. The highest BCUT2D eigenvalue weighted by molar-refractivity contribution is 5.80. The molecular weight excluding hydrogens is 290 g/mol. The molecule has 1 aliphatic rings. The Balaban J connectivity index is 1.69. The predicted octanol–water partition coefficient (Wildman–Crippen LogP) is 2.87. The van der Waals surface area contributed by atoms with Crippen LogP contribution < -0.4 is 5.32 Å². The van der Waals surface area contributed by atoms with Crippen LogP contribution in [0.2, 0.25) is 0 Å². The van der Waals surface area contributed by atoms with Crippen LogP contribution in [0.25, 0.3) is 11.0 Å². The lowest BCUT2D eigenvalue weighted by molar-refractivity contribution is -0.0946. The molecule has 1 saturated heterocycles. The first kappa shape index (κ1) is 15.9. The first-order valence-corrected chi connectivity index (χ1v) is 8.14. The number of nitrogens with one attached hydrogen (secondary N) is 1. The van der Waals surface area contributed by atoms with Gasteiger partial charge in [0.2, 0.25) is 0 Å². The Labute approximate surface area is 137 Å². The summed E-state index contributed by atoms with van der Waals surface area (Å²) < 4.78 is 11.2. The van der Waals surface area contributed by atoms with Crippen LogP contribution in [0.4, 0.5) is 0 Å². The van der Waals surface area contributed by atoms with E-state index in [4.69, 9.17) is 14.1 Å². The lowest BCUT2D eigenvalue weighted by atomic mass is 9.89. The number of ether oxygens (including phenoxy) is 1. The van der Waals surface area contributed by atoms with Crippen LogP contribution in [-0.2, 0) is 11.3 Å². The minimum absolute atomic E-state index is 0.181. The summed E-state index contributed by atoms with van der Waals surface area (Å²) in [6.07, 6.45) is 0. The number of para-hydroxylation sites is 1. The van der Waals surface area contributed by atoms with E-state index >= 15 is 0 Å². The monoisotopic (exact) mass is 315 g/mol. The van der Waals surface area contributed by atoms with Crippen molar-refractivity contribution >= 4 is 16.9 Å². The Kier molecular flexibility index (Phi) is 4.57. The summed E-state index contributed by atoms with van der Waals surface area (Å²) in [6.45, 7) is 8.19. The van der Waals surface area contributed by atoms with Gasteiger partial charge in [-0.25, -0.2) is 0 Å². The summed E-state index contributed by atoms with van der Waals surface area (Å²) >= 11 is 0. The largest absolute Gasteiger partial charge is 0.459 e. The minimum atomic E-state index is 0.181. The van der Waals surface area contributed by atoms with E-state index in [1.807, 2.05) is 25.2 Å². The summed E-state index contributed by atoms with van der Waals surface area (Å²) in [5.41, 5.74) is 1.11. The van der Waals surface area contributed by atoms with E-state index < -0.39 is 0 Å². The molecule has 5 nitrogen and oxygen atoms in total. The molecule has 1 N–H and O–H groups in total. The first-order chi connectivity index (χ1) is 11.1. The van der Waals surface area contributed by atoms with Crippen molar-refractivity contribution < 1.29 is 9.15 Å². The molecule has 2 heterocycles. The summed E-state index contributed by atoms with van der Waals surface area (Å²) in [4.78, 5) is 6.87. The third-order valence-corrected chi connectivity index (χ3v) is 4.08. The lowest BCUT2D eigenvalue weighted by Crippen LogP contribution is -2.44. The van der Waals surface area contributed by atoms with E-state index in [1.165, 1.54) is 0 Å². The Morgan fingerprint density at radius 2 is 2.13 bits per heavy atom. The van der Waals surface area contributed by atoms with Gasteiger partial charge < -0.3 is 19.4 Å². The molecule has 23 heavy (non-hydrogen) atoms. The maximum absolute atomic E-state index is 5.90. The zero-order valence-corrected chi connectivity index (χ0v) is 14.1. The van der Waals surface area contributed by atoms with Gasteiger partial charge in [0.15, 0.2) is 5.96 Å². The minimum Gasteiger partial charge on any atom is -0.459 e. The molecule has 0 atom stereocenters. The fourth-order valence-corrected chi connectivity index (χ4v) is 2.70. The number of fused-ring (bicyclic) bond motifs is 1. The third kappa shape index (κ3) is 3.67. The van der Waals surface area contributed by atoms with Gasteiger partial charge in [-0.1, -0.05) is 25.1 Å². The van der Waals surface area contributed by atoms with E-state index in [9.17, 15) is 0 Å². The SMILES string of the molecule is CCNC(=NCC1(C)COC1)N(C)Cc1cc2ccccc2o1. The number of guanidine groups is 1. The average Bonchev–Trinajstić information content (AvgIpc) is 2.91. The second-order valence-electron chi connectivity index (χ2n) is 6.58. The van der Waals surface area contributed by atoms with Gasteiger partial charge in [0.05, 0.1) is 26.3 Å². The van der Waals surface area contributed by atoms with Gasteiger partial charge in [-0.2, -0.15) is 0 Å². The third-order valence-electron chi connectivity index (χ3n) is 4.08. The van der Waals surface area contributed by atoms with E-state index in [-0.39, 0.29) is 5.41 Å². The molecule has 0 unspecified atom stereocenters. The van der Waals surface area contributed by atoms with Crippen molar-refractivity contribution in [2.45, 2.75) is 20.4 Å². The average molecular weight is 315 g/mol. The second kappa shape index (κ2) is 6.62. The maximum atomic E-state index is 5.90. The molecule has 0 aliphatic carbocycles. The van der Waals surface area contributed by atoms with Crippen molar-refractivity contribution in [3.05, 3.63) is 36.1 Å². The van der Waals surface area contributed by atoms with Crippen molar-refractivity contribution in [1.82, 2.24) is 10.2 Å². The number of hydrogen-bond acceptors (Lipinski definition) is 3. The van der Waals surface area contributed by atoms with Crippen molar-refractivity contribution in [3.8, 4) is 0 Å². The summed E-state index contributed by atoms with van der Waals surface area (Å²) in [6, 6.07) is 10.2. The number of hydrogen-bond donors (Lipinski definition) is 1. The molecule has 124 valence electrons. The van der Waals surface area contributed by atoms with Crippen LogP contribution in [0.3, 0.4) is 0 Å². The molecule has 0 amide bonds. The van der Waals surface area contributed by atoms with Crippen LogP contribution in [0.5, 0.6) is 0 Å². The zero-order valence-electron chi connectivity index (χ0n) is 14.1. The molecule has 0 spiro atoms. The highest BCUT2D eigenvalue weighted by Gasteiger charge is 2.33. The summed E-state index contributed by atoms with van der Waals surface area (Å²) in [5, 5.41) is 4.49.